The third-order valence-electron chi connectivity index (χ3n) is 2.15. The quantitative estimate of drug-likeness (QED) is 0.611. The highest BCUT2D eigenvalue weighted by molar-refractivity contribution is 9.11. The van der Waals surface area contributed by atoms with Crippen LogP contribution in [0.1, 0.15) is 0 Å². The van der Waals surface area contributed by atoms with Gasteiger partial charge in [-0.1, -0.05) is 43.5 Å². The van der Waals surface area contributed by atoms with Gasteiger partial charge in [0.05, 0.1) is 0 Å². The Morgan fingerprint density at radius 2 is 1.44 bits per heavy atom. The summed E-state index contributed by atoms with van der Waals surface area (Å²) in [4.78, 5) is 0. The van der Waals surface area contributed by atoms with Crippen LogP contribution in [0.5, 0.6) is 0 Å². The monoisotopic (exact) mass is 362 g/mol. The van der Waals surface area contributed by atoms with Gasteiger partial charge in [-0.2, -0.15) is 0 Å². The van der Waals surface area contributed by atoms with Crippen molar-refractivity contribution in [1.82, 2.24) is 0 Å². The van der Waals surface area contributed by atoms with Gasteiger partial charge < -0.3 is 0 Å². The van der Waals surface area contributed by atoms with Gasteiger partial charge >= 0.3 is 0 Å². The number of hydrogen-bond acceptors (Lipinski definition) is 0. The minimum absolute atomic E-state index is 0.273. The van der Waals surface area contributed by atoms with Crippen molar-refractivity contribution in [1.29, 1.82) is 0 Å². The van der Waals surface area contributed by atoms with E-state index in [4.69, 9.17) is 11.6 Å². The van der Waals surface area contributed by atoms with E-state index in [9.17, 15) is 4.39 Å². The Bertz CT molecular complexity index is 491. The third kappa shape index (κ3) is 2.47. The molecule has 0 fully saturated rings. The van der Waals surface area contributed by atoms with Crippen LogP contribution in [0.4, 0.5) is 4.39 Å². The van der Waals surface area contributed by atoms with E-state index in [0.29, 0.717) is 5.02 Å². The summed E-state index contributed by atoms with van der Waals surface area (Å²) >= 11 is 12.7. The smallest absolute Gasteiger partial charge is 0.123 e. The summed E-state index contributed by atoms with van der Waals surface area (Å²) in [5.41, 5.74) is 1.63. The zero-order valence-electron chi connectivity index (χ0n) is 7.98. The Kier molecular flexibility index (Phi) is 3.67. The largest absolute Gasteiger partial charge is 0.207 e. The van der Waals surface area contributed by atoms with Crippen LogP contribution in [0.3, 0.4) is 0 Å². The Morgan fingerprint density at radius 1 is 0.875 bits per heavy atom. The zero-order chi connectivity index (χ0) is 11.7. The second-order valence-electron chi connectivity index (χ2n) is 3.25. The van der Waals surface area contributed by atoms with E-state index in [1.807, 2.05) is 6.07 Å². The molecule has 0 heterocycles. The maximum atomic E-state index is 13.2. The molecule has 0 spiro atoms. The molecule has 4 heteroatoms. The highest BCUT2D eigenvalue weighted by Crippen LogP contribution is 2.35. The van der Waals surface area contributed by atoms with E-state index >= 15 is 0 Å². The molecule has 0 amide bonds. The molecule has 2 aromatic rings. The predicted octanol–water partition coefficient (Wildman–Crippen LogP) is 5.67. The highest BCUT2D eigenvalue weighted by Gasteiger charge is 2.08. The molecule has 82 valence electrons. The van der Waals surface area contributed by atoms with E-state index < -0.39 is 0 Å². The fourth-order valence-corrected chi connectivity index (χ4v) is 2.50. The van der Waals surface area contributed by atoms with Crippen LogP contribution in [0.2, 0.25) is 5.02 Å². The first-order chi connectivity index (χ1) is 7.58. The molecule has 2 aromatic carbocycles. The van der Waals surface area contributed by atoms with Gasteiger partial charge in [-0.3, -0.25) is 0 Å². The maximum Gasteiger partial charge on any atom is 0.123 e. The minimum Gasteiger partial charge on any atom is -0.207 e. The number of rotatable bonds is 1. The molecule has 0 unspecified atom stereocenters. The second-order valence-corrected chi connectivity index (χ2v) is 5.39. The highest BCUT2D eigenvalue weighted by atomic mass is 79.9. The van der Waals surface area contributed by atoms with E-state index in [-0.39, 0.29) is 5.82 Å². The Labute approximate surface area is 115 Å². The topological polar surface area (TPSA) is 0 Å². The van der Waals surface area contributed by atoms with Crippen molar-refractivity contribution in [3.05, 3.63) is 56.2 Å². The van der Waals surface area contributed by atoms with Gasteiger partial charge in [0.2, 0.25) is 0 Å². The molecule has 0 aromatic heterocycles. The van der Waals surface area contributed by atoms with E-state index in [1.54, 1.807) is 18.2 Å². The Balaban J connectivity index is 2.66. The summed E-state index contributed by atoms with van der Waals surface area (Å²) in [7, 11) is 0. The van der Waals surface area contributed by atoms with Gasteiger partial charge in [0, 0.05) is 14.0 Å². The van der Waals surface area contributed by atoms with Gasteiger partial charge in [0.15, 0.2) is 0 Å². The standard InChI is InChI=1S/C12H6Br2ClF/c13-11-3-1-7(15)5-9(11)10-6-8(16)2-4-12(10)14/h1-6H. The summed E-state index contributed by atoms with van der Waals surface area (Å²) in [6, 6.07) is 9.98. The fraction of sp³-hybridized carbons (Fsp3) is 0. The molecule has 0 bridgehead atoms. The molecule has 0 aliphatic heterocycles. The van der Waals surface area contributed by atoms with Crippen LogP contribution in [-0.4, -0.2) is 0 Å². The molecule has 0 aliphatic carbocycles. The van der Waals surface area contributed by atoms with Crippen molar-refractivity contribution in [2.24, 2.45) is 0 Å². The van der Waals surface area contributed by atoms with E-state index in [2.05, 4.69) is 31.9 Å². The van der Waals surface area contributed by atoms with Gasteiger partial charge in [0.1, 0.15) is 5.82 Å². The van der Waals surface area contributed by atoms with Gasteiger partial charge in [-0.05, 0) is 47.5 Å². The molecule has 0 nitrogen and oxygen atoms in total. The SMILES string of the molecule is Fc1ccc(Br)c(-c2cc(Cl)ccc2Br)c1. The number of hydrogen-bond donors (Lipinski definition) is 0. The van der Waals surface area contributed by atoms with Crippen molar-refractivity contribution < 1.29 is 4.39 Å². The molecular formula is C12H6Br2ClF. The summed E-state index contributed by atoms with van der Waals surface area (Å²) in [6.45, 7) is 0. The minimum atomic E-state index is -0.273. The summed E-state index contributed by atoms with van der Waals surface area (Å²) in [6.07, 6.45) is 0. The van der Waals surface area contributed by atoms with Gasteiger partial charge in [-0.25, -0.2) is 4.39 Å². The van der Waals surface area contributed by atoms with Crippen LogP contribution < -0.4 is 0 Å². The van der Waals surface area contributed by atoms with Gasteiger partial charge in [-0.15, -0.1) is 0 Å². The molecule has 0 atom stereocenters. The normalized spacial score (nSPS) is 10.5. The average molecular weight is 364 g/mol. The van der Waals surface area contributed by atoms with Crippen molar-refractivity contribution in [3.8, 4) is 11.1 Å². The zero-order valence-corrected chi connectivity index (χ0v) is 11.9. The Morgan fingerprint density at radius 3 is 2.12 bits per heavy atom. The van der Waals surface area contributed by atoms with Crippen LogP contribution in [0.25, 0.3) is 11.1 Å². The van der Waals surface area contributed by atoms with Crippen LogP contribution >= 0.6 is 43.5 Å². The lowest BCUT2D eigenvalue weighted by Crippen LogP contribution is -1.84. The average Bonchev–Trinajstić information content (AvgIpc) is 2.25. The lowest BCUT2D eigenvalue weighted by atomic mass is 10.1. The third-order valence-corrected chi connectivity index (χ3v) is 3.77. The van der Waals surface area contributed by atoms with Crippen LogP contribution in [-0.2, 0) is 0 Å². The maximum absolute atomic E-state index is 13.2. The van der Waals surface area contributed by atoms with Crippen molar-refractivity contribution in [2.75, 3.05) is 0 Å². The second kappa shape index (κ2) is 4.86. The van der Waals surface area contributed by atoms with E-state index in [1.165, 1.54) is 12.1 Å². The van der Waals surface area contributed by atoms with Crippen LogP contribution in [0.15, 0.2) is 45.3 Å². The van der Waals surface area contributed by atoms with E-state index in [0.717, 1.165) is 20.1 Å². The molecule has 0 saturated heterocycles. The Hall–Kier alpha value is -0.380. The first-order valence-corrected chi connectivity index (χ1v) is 6.45. The fourth-order valence-electron chi connectivity index (χ4n) is 1.41. The first kappa shape index (κ1) is 12.1. The summed E-state index contributed by atoms with van der Waals surface area (Å²) in [5, 5.41) is 0.620. The number of halogens is 4. The molecule has 0 radical (unpaired) electrons. The summed E-state index contributed by atoms with van der Waals surface area (Å²) < 4.78 is 14.9. The molecular weight excluding hydrogens is 358 g/mol. The molecule has 0 N–H and O–H groups in total. The first-order valence-electron chi connectivity index (χ1n) is 4.48. The lowest BCUT2D eigenvalue weighted by molar-refractivity contribution is 0.628. The number of benzene rings is 2. The molecule has 16 heavy (non-hydrogen) atoms. The van der Waals surface area contributed by atoms with Crippen molar-refractivity contribution in [2.45, 2.75) is 0 Å². The predicted molar refractivity (Wildman–Crippen MR) is 72.2 cm³/mol. The van der Waals surface area contributed by atoms with Crippen molar-refractivity contribution >= 4 is 43.5 Å². The molecule has 0 saturated carbocycles. The molecule has 2 rings (SSSR count). The lowest BCUT2D eigenvalue weighted by Gasteiger charge is -2.08. The molecule has 0 aliphatic rings. The van der Waals surface area contributed by atoms with Crippen LogP contribution in [0, 0.1) is 5.82 Å². The van der Waals surface area contributed by atoms with Gasteiger partial charge in [0.25, 0.3) is 0 Å². The van der Waals surface area contributed by atoms with Crippen molar-refractivity contribution in [3.63, 3.8) is 0 Å². The summed E-state index contributed by atoms with van der Waals surface area (Å²) in [5.74, 6) is -0.273.